The van der Waals surface area contributed by atoms with Crippen molar-refractivity contribution in [3.05, 3.63) is 85.2 Å². The second kappa shape index (κ2) is 9.64. The number of hydrogen-bond donors (Lipinski definition) is 3. The van der Waals surface area contributed by atoms with E-state index in [1.165, 1.54) is 17.8 Å². The van der Waals surface area contributed by atoms with Crippen molar-refractivity contribution < 1.29 is 13.2 Å². The van der Waals surface area contributed by atoms with Gasteiger partial charge in [0.15, 0.2) is 5.65 Å². The van der Waals surface area contributed by atoms with Gasteiger partial charge in [-0.3, -0.25) is 0 Å². The van der Waals surface area contributed by atoms with E-state index in [0.717, 1.165) is 22.8 Å². The number of para-hydroxylation sites is 3. The zero-order valence-electron chi connectivity index (χ0n) is 19.5. The molecule has 0 saturated heterocycles. The fraction of sp³-hybridized carbons (Fsp3) is 0.0800. The van der Waals surface area contributed by atoms with E-state index in [0.29, 0.717) is 22.7 Å². The Hall–Kier alpha value is -4.48. The summed E-state index contributed by atoms with van der Waals surface area (Å²) in [5, 5.41) is 11.6. The summed E-state index contributed by atoms with van der Waals surface area (Å²) in [7, 11) is -0.694. The molecule has 0 saturated carbocycles. The molecule has 2 aromatic heterocycles. The van der Waals surface area contributed by atoms with Crippen molar-refractivity contribution in [2.75, 3.05) is 24.8 Å². The van der Waals surface area contributed by atoms with Crippen LogP contribution in [-0.2, 0) is 10.0 Å². The molecule has 0 fully saturated rings. The molecule has 0 amide bonds. The molecule has 11 heteroatoms. The molecule has 0 aliphatic rings. The second-order valence-electron chi connectivity index (χ2n) is 7.73. The van der Waals surface area contributed by atoms with Crippen molar-refractivity contribution in [3.8, 4) is 11.4 Å². The van der Waals surface area contributed by atoms with Crippen LogP contribution < -0.4 is 20.1 Å². The summed E-state index contributed by atoms with van der Waals surface area (Å²) in [5.41, 5.74) is 3.40. The van der Waals surface area contributed by atoms with Gasteiger partial charge in [-0.1, -0.05) is 24.3 Å². The molecule has 0 bridgehead atoms. The Morgan fingerprint density at radius 2 is 1.56 bits per heavy atom. The number of rotatable bonds is 8. The number of benzene rings is 3. The van der Waals surface area contributed by atoms with Crippen molar-refractivity contribution in [3.63, 3.8) is 0 Å². The molecule has 0 unspecified atom stereocenters. The maximum absolute atomic E-state index is 12.5. The first-order valence-electron chi connectivity index (χ1n) is 11.0. The number of fused-ring (bicyclic) bond motifs is 1. The summed E-state index contributed by atoms with van der Waals surface area (Å²) in [4.78, 5) is 9.07. The lowest BCUT2D eigenvalue weighted by molar-refractivity contribution is 0.417. The number of nitrogens with one attached hydrogen (secondary N) is 3. The van der Waals surface area contributed by atoms with Gasteiger partial charge in [0.1, 0.15) is 10.6 Å². The Balaban J connectivity index is 1.42. The number of methoxy groups -OCH3 is 1. The molecule has 0 spiro atoms. The van der Waals surface area contributed by atoms with Gasteiger partial charge < -0.3 is 15.4 Å². The Morgan fingerprint density at radius 3 is 2.31 bits per heavy atom. The van der Waals surface area contributed by atoms with Crippen LogP contribution in [0.1, 0.15) is 0 Å². The lowest BCUT2D eigenvalue weighted by atomic mass is 10.2. The highest BCUT2D eigenvalue weighted by atomic mass is 32.2. The first-order chi connectivity index (χ1) is 17.5. The van der Waals surface area contributed by atoms with Crippen molar-refractivity contribution in [1.82, 2.24) is 24.5 Å². The number of hydrogen-bond acceptors (Lipinski definition) is 8. The Bertz CT molecular complexity index is 1630. The van der Waals surface area contributed by atoms with Crippen LogP contribution in [0.3, 0.4) is 0 Å². The van der Waals surface area contributed by atoms with Gasteiger partial charge in [0.05, 0.1) is 30.1 Å². The highest BCUT2D eigenvalue weighted by Gasteiger charge is 2.20. The Labute approximate surface area is 208 Å². The molecule has 10 nitrogen and oxygen atoms in total. The van der Waals surface area contributed by atoms with Gasteiger partial charge in [-0.2, -0.15) is 10.1 Å². The first kappa shape index (κ1) is 23.3. The Morgan fingerprint density at radius 1 is 0.861 bits per heavy atom. The van der Waals surface area contributed by atoms with Crippen molar-refractivity contribution >= 4 is 44.1 Å². The number of nitrogens with zero attached hydrogens (tertiary/aromatic N) is 4. The molecular weight excluding hydrogens is 478 g/mol. The average molecular weight is 502 g/mol. The van der Waals surface area contributed by atoms with E-state index in [-0.39, 0.29) is 4.90 Å². The summed E-state index contributed by atoms with van der Waals surface area (Å²) in [6.45, 7) is 0. The molecule has 182 valence electrons. The van der Waals surface area contributed by atoms with E-state index in [2.05, 4.69) is 30.4 Å². The van der Waals surface area contributed by atoms with Gasteiger partial charge in [-0.05, 0) is 55.6 Å². The SMILES string of the molecule is CNS(=O)(=O)c1ccccc1-n1ncc2cnc(Nc3ccc(Nc4ccccc4OC)cc3)nc21. The lowest BCUT2D eigenvalue weighted by Gasteiger charge is -2.12. The summed E-state index contributed by atoms with van der Waals surface area (Å²) in [6, 6.07) is 22.0. The molecule has 36 heavy (non-hydrogen) atoms. The highest BCUT2D eigenvalue weighted by Crippen LogP contribution is 2.28. The summed E-state index contributed by atoms with van der Waals surface area (Å²) >= 11 is 0. The molecule has 2 heterocycles. The number of ether oxygens (including phenoxy) is 1. The first-order valence-corrected chi connectivity index (χ1v) is 12.5. The van der Waals surface area contributed by atoms with Crippen LogP contribution in [0.4, 0.5) is 23.0 Å². The van der Waals surface area contributed by atoms with Gasteiger partial charge >= 0.3 is 0 Å². The molecule has 3 N–H and O–H groups in total. The third-order valence-electron chi connectivity index (χ3n) is 5.49. The third-order valence-corrected chi connectivity index (χ3v) is 6.95. The quantitative estimate of drug-likeness (QED) is 0.289. The maximum atomic E-state index is 12.5. The molecule has 0 radical (unpaired) electrons. The van der Waals surface area contributed by atoms with E-state index in [1.54, 1.807) is 37.7 Å². The lowest BCUT2D eigenvalue weighted by Crippen LogP contribution is -2.20. The minimum atomic E-state index is -3.70. The van der Waals surface area contributed by atoms with Crippen LogP contribution in [-0.4, -0.2) is 42.3 Å². The standard InChI is InChI=1S/C25H23N7O3S/c1-26-36(33,34)23-10-6-4-8-21(23)32-24-17(16-28-32)15-27-25(31-24)30-19-13-11-18(12-14-19)29-20-7-3-5-9-22(20)35-2/h3-16,26,29H,1-2H3,(H,27,30,31). The predicted molar refractivity (Wildman–Crippen MR) is 139 cm³/mol. The fourth-order valence-corrected chi connectivity index (χ4v) is 4.60. The van der Waals surface area contributed by atoms with Crippen LogP contribution in [0.5, 0.6) is 5.75 Å². The van der Waals surface area contributed by atoms with Crippen LogP contribution in [0.2, 0.25) is 0 Å². The van der Waals surface area contributed by atoms with Crippen molar-refractivity contribution in [1.29, 1.82) is 0 Å². The highest BCUT2D eigenvalue weighted by molar-refractivity contribution is 7.89. The molecule has 5 aromatic rings. The van der Waals surface area contributed by atoms with Crippen LogP contribution >= 0.6 is 0 Å². The number of aromatic nitrogens is 4. The van der Waals surface area contributed by atoms with E-state index in [1.807, 2.05) is 48.5 Å². The van der Waals surface area contributed by atoms with Crippen LogP contribution in [0.25, 0.3) is 16.7 Å². The van der Waals surface area contributed by atoms with E-state index < -0.39 is 10.0 Å². The van der Waals surface area contributed by atoms with Crippen LogP contribution in [0, 0.1) is 0 Å². The number of anilines is 4. The van der Waals surface area contributed by atoms with Gasteiger partial charge in [-0.25, -0.2) is 22.8 Å². The van der Waals surface area contributed by atoms with Crippen molar-refractivity contribution in [2.45, 2.75) is 4.90 Å². The predicted octanol–water partition coefficient (Wildman–Crippen LogP) is 4.22. The average Bonchev–Trinajstić information content (AvgIpc) is 3.33. The third kappa shape index (κ3) is 4.57. The summed E-state index contributed by atoms with van der Waals surface area (Å²) in [6.07, 6.45) is 3.24. The van der Waals surface area contributed by atoms with E-state index in [4.69, 9.17) is 4.74 Å². The summed E-state index contributed by atoms with van der Waals surface area (Å²) < 4.78 is 34.3. The smallest absolute Gasteiger partial charge is 0.242 e. The summed E-state index contributed by atoms with van der Waals surface area (Å²) in [5.74, 6) is 1.10. The van der Waals surface area contributed by atoms with Crippen LogP contribution in [0.15, 0.2) is 90.1 Å². The normalized spacial score (nSPS) is 11.4. The number of sulfonamides is 1. The molecular formula is C25H23N7O3S. The zero-order chi connectivity index (χ0) is 25.1. The van der Waals surface area contributed by atoms with E-state index >= 15 is 0 Å². The minimum Gasteiger partial charge on any atom is -0.495 e. The minimum absolute atomic E-state index is 0.101. The largest absolute Gasteiger partial charge is 0.495 e. The van der Waals surface area contributed by atoms with Gasteiger partial charge in [-0.15, -0.1) is 0 Å². The van der Waals surface area contributed by atoms with Gasteiger partial charge in [0.25, 0.3) is 0 Å². The molecule has 0 aliphatic heterocycles. The topological polar surface area (TPSA) is 123 Å². The molecule has 0 atom stereocenters. The van der Waals surface area contributed by atoms with Gasteiger partial charge in [0, 0.05) is 17.6 Å². The molecule has 3 aromatic carbocycles. The Kier molecular flexibility index (Phi) is 6.23. The monoisotopic (exact) mass is 501 g/mol. The van der Waals surface area contributed by atoms with Gasteiger partial charge in [0.2, 0.25) is 16.0 Å². The second-order valence-corrected chi connectivity index (χ2v) is 9.59. The van der Waals surface area contributed by atoms with E-state index in [9.17, 15) is 8.42 Å². The van der Waals surface area contributed by atoms with Crippen molar-refractivity contribution in [2.24, 2.45) is 0 Å². The zero-order valence-corrected chi connectivity index (χ0v) is 20.3. The molecule has 5 rings (SSSR count). The molecule has 0 aliphatic carbocycles. The maximum Gasteiger partial charge on any atom is 0.242 e. The fourth-order valence-electron chi connectivity index (χ4n) is 3.69.